The molecule has 2 aromatic rings. The Morgan fingerprint density at radius 1 is 0.955 bits per heavy atom. The Morgan fingerprint density at radius 2 is 1.55 bits per heavy atom. The highest BCUT2D eigenvalue weighted by atomic mass is 32.1. The van der Waals surface area contributed by atoms with Crippen LogP contribution in [0, 0.1) is 0 Å². The predicted octanol–water partition coefficient (Wildman–Crippen LogP) is 4.24. The molecule has 0 saturated carbocycles. The summed E-state index contributed by atoms with van der Waals surface area (Å²) in [7, 11) is 0. The monoisotopic (exact) mass is 324 g/mol. The van der Waals surface area contributed by atoms with E-state index in [-0.39, 0.29) is 0 Å². The van der Waals surface area contributed by atoms with Crippen LogP contribution in [0.15, 0.2) is 6.07 Å². The zero-order valence-electron chi connectivity index (χ0n) is 13.5. The van der Waals surface area contributed by atoms with Crippen LogP contribution in [0.2, 0.25) is 0 Å². The minimum Gasteiger partial charge on any atom is -0.490 e. The van der Waals surface area contributed by atoms with E-state index in [1.807, 2.05) is 6.07 Å². The lowest BCUT2D eigenvalue weighted by Crippen LogP contribution is -2.05. The van der Waals surface area contributed by atoms with Gasteiger partial charge in [-0.3, -0.25) is 0 Å². The molecule has 22 heavy (non-hydrogen) atoms. The molecular formula is C16H24N2O3S. The minimum atomic E-state index is 0.519. The van der Waals surface area contributed by atoms with Crippen molar-refractivity contribution in [1.82, 2.24) is 4.98 Å². The van der Waals surface area contributed by atoms with E-state index in [0.717, 1.165) is 29.5 Å². The first-order valence-corrected chi connectivity index (χ1v) is 8.64. The maximum absolute atomic E-state index is 5.91. The van der Waals surface area contributed by atoms with Crippen molar-refractivity contribution in [3.63, 3.8) is 0 Å². The van der Waals surface area contributed by atoms with E-state index in [1.165, 1.54) is 11.3 Å². The van der Waals surface area contributed by atoms with Crippen molar-refractivity contribution in [2.75, 3.05) is 25.6 Å². The second-order valence-corrected chi connectivity index (χ2v) is 6.04. The maximum Gasteiger partial charge on any atom is 0.205 e. The smallest absolute Gasteiger partial charge is 0.205 e. The standard InChI is InChI=1S/C16H24N2O3S/c1-4-7-19-11-10-12-13(18-16(17)22-12)15(21-9-6-3)14(11)20-8-5-2/h10H,4-9H2,1-3H3,(H2,17,18). The molecule has 0 bridgehead atoms. The number of nitrogens with two attached hydrogens (primary N) is 1. The Morgan fingerprint density at radius 3 is 2.18 bits per heavy atom. The van der Waals surface area contributed by atoms with Crippen molar-refractivity contribution in [2.45, 2.75) is 40.0 Å². The fourth-order valence-corrected chi connectivity index (χ4v) is 2.77. The number of hydrogen-bond acceptors (Lipinski definition) is 6. The second kappa shape index (κ2) is 8.08. The highest BCUT2D eigenvalue weighted by Gasteiger charge is 2.20. The van der Waals surface area contributed by atoms with Crippen LogP contribution in [0.5, 0.6) is 17.2 Å². The molecule has 0 fully saturated rings. The van der Waals surface area contributed by atoms with Crippen LogP contribution in [-0.4, -0.2) is 24.8 Å². The Hall–Kier alpha value is -1.69. The summed E-state index contributed by atoms with van der Waals surface area (Å²) in [6.07, 6.45) is 2.76. The molecule has 6 heteroatoms. The van der Waals surface area contributed by atoms with Gasteiger partial charge in [0.1, 0.15) is 5.52 Å². The predicted molar refractivity (Wildman–Crippen MR) is 91.4 cm³/mol. The summed E-state index contributed by atoms with van der Waals surface area (Å²) in [5, 5.41) is 0.519. The second-order valence-electron chi connectivity index (χ2n) is 4.98. The van der Waals surface area contributed by atoms with Crippen LogP contribution >= 0.6 is 11.3 Å². The number of thiazole rings is 1. The highest BCUT2D eigenvalue weighted by Crippen LogP contribution is 2.45. The van der Waals surface area contributed by atoms with Crippen LogP contribution in [-0.2, 0) is 0 Å². The summed E-state index contributed by atoms with van der Waals surface area (Å²) in [6, 6.07) is 1.95. The van der Waals surface area contributed by atoms with Crippen LogP contribution in [0.4, 0.5) is 5.13 Å². The third-order valence-corrected chi connectivity index (χ3v) is 3.77. The van der Waals surface area contributed by atoms with Crippen molar-refractivity contribution in [1.29, 1.82) is 0 Å². The molecule has 2 rings (SSSR count). The Kier molecular flexibility index (Phi) is 6.12. The van der Waals surface area contributed by atoms with E-state index in [0.29, 0.717) is 42.2 Å². The Bertz CT molecular complexity index is 613. The number of fused-ring (bicyclic) bond motifs is 1. The van der Waals surface area contributed by atoms with E-state index in [9.17, 15) is 0 Å². The molecule has 1 heterocycles. The van der Waals surface area contributed by atoms with E-state index < -0.39 is 0 Å². The number of aromatic nitrogens is 1. The molecular weight excluding hydrogens is 300 g/mol. The van der Waals surface area contributed by atoms with Gasteiger partial charge in [0.05, 0.1) is 24.5 Å². The average Bonchev–Trinajstić information content (AvgIpc) is 2.88. The van der Waals surface area contributed by atoms with Gasteiger partial charge >= 0.3 is 0 Å². The van der Waals surface area contributed by atoms with Crippen LogP contribution in [0.25, 0.3) is 10.2 Å². The Labute approximate surface area is 135 Å². The van der Waals surface area contributed by atoms with Gasteiger partial charge in [-0.15, -0.1) is 0 Å². The van der Waals surface area contributed by atoms with E-state index in [2.05, 4.69) is 25.8 Å². The van der Waals surface area contributed by atoms with E-state index >= 15 is 0 Å². The van der Waals surface area contributed by atoms with Crippen LogP contribution in [0.3, 0.4) is 0 Å². The average molecular weight is 324 g/mol. The summed E-state index contributed by atoms with van der Waals surface area (Å²) in [5.41, 5.74) is 6.61. The largest absolute Gasteiger partial charge is 0.490 e. The fourth-order valence-electron chi connectivity index (χ4n) is 2.01. The number of anilines is 1. The van der Waals surface area contributed by atoms with Crippen LogP contribution < -0.4 is 19.9 Å². The van der Waals surface area contributed by atoms with Gasteiger partial charge in [-0.05, 0) is 19.3 Å². The summed E-state index contributed by atoms with van der Waals surface area (Å²) in [4.78, 5) is 4.39. The molecule has 0 amide bonds. The molecule has 0 aliphatic heterocycles. The van der Waals surface area contributed by atoms with E-state index in [4.69, 9.17) is 19.9 Å². The van der Waals surface area contributed by atoms with Gasteiger partial charge in [-0.25, -0.2) is 4.98 Å². The van der Waals surface area contributed by atoms with Gasteiger partial charge in [0.15, 0.2) is 16.6 Å². The molecule has 0 unspecified atom stereocenters. The van der Waals surface area contributed by atoms with Gasteiger partial charge < -0.3 is 19.9 Å². The molecule has 0 radical (unpaired) electrons. The lowest BCUT2D eigenvalue weighted by atomic mass is 10.2. The lowest BCUT2D eigenvalue weighted by Gasteiger charge is -2.17. The number of hydrogen-bond donors (Lipinski definition) is 1. The maximum atomic E-state index is 5.91. The van der Waals surface area contributed by atoms with Gasteiger partial charge in [0, 0.05) is 6.07 Å². The number of ether oxygens (including phenoxy) is 3. The summed E-state index contributed by atoms with van der Waals surface area (Å²) in [5.74, 6) is 1.99. The number of nitrogen functional groups attached to an aromatic ring is 1. The topological polar surface area (TPSA) is 66.6 Å². The van der Waals surface area contributed by atoms with Crippen molar-refractivity contribution in [3.05, 3.63) is 6.07 Å². The third kappa shape index (κ3) is 3.74. The van der Waals surface area contributed by atoms with Crippen molar-refractivity contribution >= 4 is 26.7 Å². The molecule has 0 aliphatic rings. The number of rotatable bonds is 9. The minimum absolute atomic E-state index is 0.519. The van der Waals surface area contributed by atoms with Crippen molar-refractivity contribution in [2.24, 2.45) is 0 Å². The van der Waals surface area contributed by atoms with E-state index in [1.54, 1.807) is 0 Å². The fraction of sp³-hybridized carbons (Fsp3) is 0.562. The molecule has 0 spiro atoms. The molecule has 0 saturated heterocycles. The Balaban J connectivity index is 2.52. The summed E-state index contributed by atoms with van der Waals surface area (Å²) >= 11 is 1.43. The molecule has 1 aromatic heterocycles. The normalized spacial score (nSPS) is 10.9. The molecule has 1 aromatic carbocycles. The quantitative estimate of drug-likeness (QED) is 0.747. The zero-order chi connectivity index (χ0) is 15.9. The lowest BCUT2D eigenvalue weighted by molar-refractivity contribution is 0.245. The molecule has 5 nitrogen and oxygen atoms in total. The molecule has 122 valence electrons. The first kappa shape index (κ1) is 16.7. The first-order chi connectivity index (χ1) is 10.7. The van der Waals surface area contributed by atoms with Gasteiger partial charge in [0.25, 0.3) is 0 Å². The van der Waals surface area contributed by atoms with Crippen LogP contribution in [0.1, 0.15) is 40.0 Å². The molecule has 0 atom stereocenters. The number of benzene rings is 1. The van der Waals surface area contributed by atoms with Gasteiger partial charge in [0.2, 0.25) is 5.75 Å². The number of nitrogens with zero attached hydrogens (tertiary/aromatic N) is 1. The summed E-state index contributed by atoms with van der Waals surface area (Å²) in [6.45, 7) is 8.05. The first-order valence-electron chi connectivity index (χ1n) is 7.82. The van der Waals surface area contributed by atoms with Crippen molar-refractivity contribution in [3.8, 4) is 17.2 Å². The molecule has 0 aliphatic carbocycles. The van der Waals surface area contributed by atoms with Gasteiger partial charge in [-0.1, -0.05) is 32.1 Å². The van der Waals surface area contributed by atoms with Gasteiger partial charge in [-0.2, -0.15) is 0 Å². The summed E-state index contributed by atoms with van der Waals surface area (Å²) < 4.78 is 18.6. The highest BCUT2D eigenvalue weighted by molar-refractivity contribution is 7.22. The molecule has 2 N–H and O–H groups in total. The zero-order valence-corrected chi connectivity index (χ0v) is 14.3. The van der Waals surface area contributed by atoms with Crippen molar-refractivity contribution < 1.29 is 14.2 Å². The third-order valence-electron chi connectivity index (χ3n) is 2.94. The SMILES string of the molecule is CCCOc1cc2sc(N)nc2c(OCCC)c1OCCC.